The third-order valence-electron chi connectivity index (χ3n) is 1.87. The van der Waals surface area contributed by atoms with E-state index in [0.717, 1.165) is 5.56 Å². The number of nitrogens with two attached hydrogens (primary N) is 1. The van der Waals surface area contributed by atoms with Crippen molar-refractivity contribution in [2.24, 2.45) is 5.73 Å². The van der Waals surface area contributed by atoms with E-state index in [2.05, 4.69) is 9.97 Å². The first-order valence-electron chi connectivity index (χ1n) is 4.49. The molecule has 0 bridgehead atoms. The molecule has 2 N–H and O–H groups in total. The molecule has 0 saturated heterocycles. The third kappa shape index (κ3) is 2.47. The molecule has 0 aliphatic heterocycles. The van der Waals surface area contributed by atoms with E-state index in [4.69, 9.17) is 19.9 Å². The summed E-state index contributed by atoms with van der Waals surface area (Å²) in [6.45, 7) is 0.475. The predicted molar refractivity (Wildman–Crippen MR) is 54.4 cm³/mol. The van der Waals surface area contributed by atoms with Crippen molar-refractivity contribution < 1.29 is 14.2 Å². The molecule has 0 aliphatic carbocycles. The molecule has 0 saturated carbocycles. The molecule has 0 aliphatic rings. The molecule has 0 radical (unpaired) electrons. The second-order valence-electron chi connectivity index (χ2n) is 2.75. The number of rotatable bonds is 5. The van der Waals surface area contributed by atoms with Gasteiger partial charge in [0.1, 0.15) is 0 Å². The van der Waals surface area contributed by atoms with Gasteiger partial charge >= 0.3 is 6.01 Å². The summed E-state index contributed by atoms with van der Waals surface area (Å²) in [4.78, 5) is 8.09. The van der Waals surface area contributed by atoms with Crippen LogP contribution in [0.2, 0.25) is 0 Å². The first-order valence-corrected chi connectivity index (χ1v) is 4.49. The van der Waals surface area contributed by atoms with Gasteiger partial charge in [-0.3, -0.25) is 0 Å². The van der Waals surface area contributed by atoms with Crippen LogP contribution in [0.15, 0.2) is 0 Å². The summed E-state index contributed by atoms with van der Waals surface area (Å²) in [5.74, 6) is 0.869. The van der Waals surface area contributed by atoms with Crippen molar-refractivity contribution in [2.75, 3.05) is 27.9 Å². The minimum Gasteiger partial charge on any atom is -0.481 e. The number of aromatic nitrogens is 2. The standard InChI is InChI=1S/C9H15N3O3/c1-13-7-6(4-5-10)8(14-2)12-9(11-7)15-3/h4-5,10H2,1-3H3. The summed E-state index contributed by atoms with van der Waals surface area (Å²) < 4.78 is 15.2. The van der Waals surface area contributed by atoms with Gasteiger partial charge in [-0.1, -0.05) is 0 Å². The maximum absolute atomic E-state index is 5.48. The van der Waals surface area contributed by atoms with Crippen molar-refractivity contribution in [3.63, 3.8) is 0 Å². The first-order chi connectivity index (χ1) is 7.26. The Labute approximate surface area is 88.4 Å². The lowest BCUT2D eigenvalue weighted by atomic mass is 10.2. The van der Waals surface area contributed by atoms with Gasteiger partial charge < -0.3 is 19.9 Å². The molecule has 1 aromatic heterocycles. The van der Waals surface area contributed by atoms with E-state index in [-0.39, 0.29) is 6.01 Å². The molecular formula is C9H15N3O3. The highest BCUT2D eigenvalue weighted by Crippen LogP contribution is 2.27. The van der Waals surface area contributed by atoms with E-state index in [1.54, 1.807) is 0 Å². The Kier molecular flexibility index (Phi) is 4.11. The van der Waals surface area contributed by atoms with E-state index in [1.165, 1.54) is 21.3 Å². The highest BCUT2D eigenvalue weighted by molar-refractivity contribution is 5.37. The second-order valence-corrected chi connectivity index (χ2v) is 2.75. The van der Waals surface area contributed by atoms with Crippen LogP contribution in [0.25, 0.3) is 0 Å². The minimum atomic E-state index is 0.212. The molecule has 6 heteroatoms. The molecule has 1 heterocycles. The van der Waals surface area contributed by atoms with Crippen molar-refractivity contribution >= 4 is 0 Å². The zero-order valence-electron chi connectivity index (χ0n) is 9.11. The van der Waals surface area contributed by atoms with Crippen molar-refractivity contribution in [3.8, 4) is 17.8 Å². The lowest BCUT2D eigenvalue weighted by molar-refractivity contribution is 0.323. The Hall–Kier alpha value is -1.56. The van der Waals surface area contributed by atoms with Gasteiger partial charge in [0.15, 0.2) is 0 Å². The fraction of sp³-hybridized carbons (Fsp3) is 0.556. The van der Waals surface area contributed by atoms with Gasteiger partial charge in [0.05, 0.1) is 26.9 Å². The molecule has 0 fully saturated rings. The molecule has 0 amide bonds. The summed E-state index contributed by atoms with van der Waals surface area (Å²) in [5, 5.41) is 0. The van der Waals surface area contributed by atoms with Gasteiger partial charge in [-0.05, 0) is 13.0 Å². The maximum Gasteiger partial charge on any atom is 0.322 e. The van der Waals surface area contributed by atoms with E-state index in [1.807, 2.05) is 0 Å². The van der Waals surface area contributed by atoms with E-state index < -0.39 is 0 Å². The highest BCUT2D eigenvalue weighted by atomic mass is 16.5. The number of ether oxygens (including phenoxy) is 3. The highest BCUT2D eigenvalue weighted by Gasteiger charge is 2.15. The zero-order chi connectivity index (χ0) is 11.3. The van der Waals surface area contributed by atoms with Gasteiger partial charge in [-0.15, -0.1) is 0 Å². The van der Waals surface area contributed by atoms with Crippen molar-refractivity contribution in [1.82, 2.24) is 9.97 Å². The van der Waals surface area contributed by atoms with Crippen molar-refractivity contribution in [1.29, 1.82) is 0 Å². The zero-order valence-corrected chi connectivity index (χ0v) is 9.11. The molecule has 0 spiro atoms. The Morgan fingerprint density at radius 3 is 1.87 bits per heavy atom. The summed E-state index contributed by atoms with van der Waals surface area (Å²) in [5.41, 5.74) is 6.23. The quantitative estimate of drug-likeness (QED) is 0.741. The molecule has 84 valence electrons. The third-order valence-corrected chi connectivity index (χ3v) is 1.87. The lowest BCUT2D eigenvalue weighted by Gasteiger charge is -2.11. The molecule has 15 heavy (non-hydrogen) atoms. The largest absolute Gasteiger partial charge is 0.481 e. The maximum atomic E-state index is 5.48. The van der Waals surface area contributed by atoms with Crippen LogP contribution in [-0.4, -0.2) is 37.8 Å². The normalized spacial score (nSPS) is 9.87. The Morgan fingerprint density at radius 2 is 1.53 bits per heavy atom. The topological polar surface area (TPSA) is 79.5 Å². The van der Waals surface area contributed by atoms with Gasteiger partial charge in [-0.2, -0.15) is 9.97 Å². The monoisotopic (exact) mass is 213 g/mol. The van der Waals surface area contributed by atoms with Crippen LogP contribution in [0.1, 0.15) is 5.56 Å². The number of hydrogen-bond donors (Lipinski definition) is 1. The molecule has 0 atom stereocenters. The smallest absolute Gasteiger partial charge is 0.322 e. The Balaban J connectivity index is 3.19. The average molecular weight is 213 g/mol. The summed E-state index contributed by atoms with van der Waals surface area (Å²) in [6.07, 6.45) is 0.594. The molecule has 0 unspecified atom stereocenters. The van der Waals surface area contributed by atoms with Crippen LogP contribution in [0, 0.1) is 0 Å². The molecular weight excluding hydrogens is 198 g/mol. The van der Waals surface area contributed by atoms with Gasteiger partial charge in [-0.25, -0.2) is 0 Å². The lowest BCUT2D eigenvalue weighted by Crippen LogP contribution is -2.09. The number of hydrogen-bond acceptors (Lipinski definition) is 6. The van der Waals surface area contributed by atoms with Crippen molar-refractivity contribution in [2.45, 2.75) is 6.42 Å². The SMILES string of the molecule is COc1nc(OC)c(CCN)c(OC)n1. The number of methoxy groups -OCH3 is 3. The van der Waals surface area contributed by atoms with E-state index in [0.29, 0.717) is 24.7 Å². The van der Waals surface area contributed by atoms with Gasteiger partial charge in [0, 0.05) is 0 Å². The molecule has 1 aromatic rings. The van der Waals surface area contributed by atoms with Crippen LogP contribution in [-0.2, 0) is 6.42 Å². The Morgan fingerprint density at radius 1 is 1.00 bits per heavy atom. The van der Waals surface area contributed by atoms with Gasteiger partial charge in [0.2, 0.25) is 11.8 Å². The van der Waals surface area contributed by atoms with Crippen LogP contribution < -0.4 is 19.9 Å². The fourth-order valence-corrected chi connectivity index (χ4v) is 1.21. The predicted octanol–water partition coefficient (Wildman–Crippen LogP) is 0.00360. The minimum absolute atomic E-state index is 0.212. The van der Waals surface area contributed by atoms with Crippen LogP contribution >= 0.6 is 0 Å². The molecule has 0 aromatic carbocycles. The Bertz CT molecular complexity index is 305. The summed E-state index contributed by atoms with van der Waals surface area (Å²) in [7, 11) is 4.54. The first kappa shape index (κ1) is 11.5. The van der Waals surface area contributed by atoms with Gasteiger partial charge in [0.25, 0.3) is 0 Å². The second kappa shape index (κ2) is 5.35. The number of nitrogens with zero attached hydrogens (tertiary/aromatic N) is 2. The fourth-order valence-electron chi connectivity index (χ4n) is 1.21. The molecule has 1 rings (SSSR count). The summed E-state index contributed by atoms with van der Waals surface area (Å²) >= 11 is 0. The van der Waals surface area contributed by atoms with E-state index in [9.17, 15) is 0 Å². The average Bonchev–Trinajstić information content (AvgIpc) is 2.29. The van der Waals surface area contributed by atoms with Crippen LogP contribution in [0.3, 0.4) is 0 Å². The van der Waals surface area contributed by atoms with Crippen LogP contribution in [0.4, 0.5) is 0 Å². The van der Waals surface area contributed by atoms with Crippen LogP contribution in [0.5, 0.6) is 17.8 Å². The van der Waals surface area contributed by atoms with E-state index >= 15 is 0 Å². The summed E-state index contributed by atoms with van der Waals surface area (Å²) in [6, 6.07) is 0.212. The molecule has 6 nitrogen and oxygen atoms in total. The van der Waals surface area contributed by atoms with Crippen molar-refractivity contribution in [3.05, 3.63) is 5.56 Å².